The molecule has 1 spiro atoms. The normalized spacial score (nSPS) is 22.5. The summed E-state index contributed by atoms with van der Waals surface area (Å²) in [4.78, 5) is 0. The van der Waals surface area contributed by atoms with Gasteiger partial charge in [0.15, 0.2) is 5.79 Å². The van der Waals surface area contributed by atoms with Gasteiger partial charge < -0.3 is 14.8 Å². The van der Waals surface area contributed by atoms with Crippen LogP contribution in [0.25, 0.3) is 0 Å². The maximum atomic E-state index is 13.5. The van der Waals surface area contributed by atoms with E-state index in [-0.39, 0.29) is 11.6 Å². The van der Waals surface area contributed by atoms with E-state index in [0.717, 1.165) is 31.7 Å². The first-order valence-electron chi connectivity index (χ1n) is 7.12. The molecular weight excluding hydrogens is 264 g/mol. The summed E-state index contributed by atoms with van der Waals surface area (Å²) >= 11 is 0. The number of benzene rings is 1. The molecule has 0 atom stereocenters. The average molecular weight is 283 g/mol. The van der Waals surface area contributed by atoms with Crippen molar-refractivity contribution >= 4 is 0 Å². The third kappa shape index (κ3) is 3.00. The minimum Gasteiger partial charge on any atom is -0.348 e. The fourth-order valence-electron chi connectivity index (χ4n) is 2.98. The van der Waals surface area contributed by atoms with Crippen molar-refractivity contribution < 1.29 is 18.3 Å². The number of hydrogen-bond donors (Lipinski definition) is 1. The van der Waals surface area contributed by atoms with Gasteiger partial charge in [-0.05, 0) is 31.0 Å². The highest BCUT2D eigenvalue weighted by atomic mass is 19.1. The van der Waals surface area contributed by atoms with Crippen LogP contribution in [0.5, 0.6) is 0 Å². The lowest BCUT2D eigenvalue weighted by Crippen LogP contribution is -2.41. The molecule has 0 bridgehead atoms. The minimum atomic E-state index is -0.404. The summed E-state index contributed by atoms with van der Waals surface area (Å²) in [5.41, 5.74) is 0.374. The monoisotopic (exact) mass is 283 g/mol. The van der Waals surface area contributed by atoms with Crippen molar-refractivity contribution in [1.82, 2.24) is 5.32 Å². The molecule has 1 aromatic carbocycles. The molecule has 0 radical (unpaired) electrons. The van der Waals surface area contributed by atoms with E-state index in [0.29, 0.717) is 31.4 Å². The third-order valence-electron chi connectivity index (χ3n) is 4.15. The van der Waals surface area contributed by atoms with Gasteiger partial charge in [-0.3, -0.25) is 0 Å². The molecule has 1 saturated heterocycles. The molecule has 1 aliphatic carbocycles. The zero-order chi connectivity index (χ0) is 14.0. The Morgan fingerprint density at radius 1 is 1.15 bits per heavy atom. The summed E-state index contributed by atoms with van der Waals surface area (Å²) in [6.07, 6.45) is 3.57. The SMILES string of the molecule is Fc1ccc(F)c(CNC2CCC3(CC2)OCCO3)c1. The number of ether oxygens (including phenoxy) is 2. The van der Waals surface area contributed by atoms with Gasteiger partial charge in [0.25, 0.3) is 0 Å². The largest absolute Gasteiger partial charge is 0.348 e. The predicted molar refractivity (Wildman–Crippen MR) is 70.1 cm³/mol. The van der Waals surface area contributed by atoms with Crippen molar-refractivity contribution in [2.24, 2.45) is 0 Å². The molecule has 110 valence electrons. The van der Waals surface area contributed by atoms with Crippen molar-refractivity contribution in [3.63, 3.8) is 0 Å². The van der Waals surface area contributed by atoms with E-state index in [1.165, 1.54) is 12.1 Å². The Morgan fingerprint density at radius 2 is 1.85 bits per heavy atom. The van der Waals surface area contributed by atoms with Crippen LogP contribution in [0.2, 0.25) is 0 Å². The molecular formula is C15H19F2NO2. The Hall–Kier alpha value is -1.04. The van der Waals surface area contributed by atoms with Crippen LogP contribution in [0.1, 0.15) is 31.2 Å². The molecule has 5 heteroatoms. The molecule has 2 aliphatic rings. The second kappa shape index (κ2) is 5.76. The van der Waals surface area contributed by atoms with Crippen LogP contribution >= 0.6 is 0 Å². The molecule has 20 heavy (non-hydrogen) atoms. The van der Waals surface area contributed by atoms with E-state index in [1.807, 2.05) is 0 Å². The van der Waals surface area contributed by atoms with Crippen LogP contribution in [0.15, 0.2) is 18.2 Å². The first kappa shape index (κ1) is 13.9. The zero-order valence-electron chi connectivity index (χ0n) is 11.3. The second-order valence-electron chi connectivity index (χ2n) is 5.50. The van der Waals surface area contributed by atoms with E-state index in [4.69, 9.17) is 9.47 Å². The van der Waals surface area contributed by atoms with Gasteiger partial charge in [0.2, 0.25) is 0 Å². The Labute approximate surface area is 117 Å². The van der Waals surface area contributed by atoms with Crippen LogP contribution in [0.4, 0.5) is 8.78 Å². The van der Waals surface area contributed by atoms with Crippen molar-refractivity contribution in [3.8, 4) is 0 Å². The highest BCUT2D eigenvalue weighted by Crippen LogP contribution is 2.35. The van der Waals surface area contributed by atoms with E-state index in [2.05, 4.69) is 5.32 Å². The van der Waals surface area contributed by atoms with E-state index < -0.39 is 5.82 Å². The standard InChI is InChI=1S/C15H19F2NO2/c16-12-1-2-14(17)11(9-12)10-18-13-3-5-15(6-4-13)19-7-8-20-15/h1-2,9,13,18H,3-8,10H2. The Bertz CT molecular complexity index is 465. The van der Waals surface area contributed by atoms with Gasteiger partial charge in [-0.2, -0.15) is 0 Å². The van der Waals surface area contributed by atoms with Gasteiger partial charge in [0, 0.05) is 31.0 Å². The summed E-state index contributed by atoms with van der Waals surface area (Å²) in [7, 11) is 0. The quantitative estimate of drug-likeness (QED) is 0.925. The number of hydrogen-bond acceptors (Lipinski definition) is 3. The van der Waals surface area contributed by atoms with Gasteiger partial charge in [-0.1, -0.05) is 0 Å². The molecule has 3 nitrogen and oxygen atoms in total. The van der Waals surface area contributed by atoms with Gasteiger partial charge >= 0.3 is 0 Å². The second-order valence-corrected chi connectivity index (χ2v) is 5.50. The molecule has 1 aliphatic heterocycles. The van der Waals surface area contributed by atoms with Gasteiger partial charge in [-0.15, -0.1) is 0 Å². The van der Waals surface area contributed by atoms with Crippen molar-refractivity contribution in [1.29, 1.82) is 0 Å². The van der Waals surface area contributed by atoms with Crippen molar-refractivity contribution in [2.45, 2.75) is 44.1 Å². The van der Waals surface area contributed by atoms with Crippen molar-refractivity contribution in [3.05, 3.63) is 35.4 Å². The highest BCUT2D eigenvalue weighted by Gasteiger charge is 2.40. The molecule has 1 saturated carbocycles. The molecule has 1 heterocycles. The molecule has 3 rings (SSSR count). The lowest BCUT2D eigenvalue weighted by Gasteiger charge is -2.35. The molecule has 0 unspecified atom stereocenters. The van der Waals surface area contributed by atoms with E-state index in [9.17, 15) is 8.78 Å². The number of rotatable bonds is 3. The molecule has 1 N–H and O–H groups in total. The molecule has 2 fully saturated rings. The van der Waals surface area contributed by atoms with Gasteiger partial charge in [0.05, 0.1) is 13.2 Å². The first-order chi connectivity index (χ1) is 9.67. The number of halogens is 2. The fraction of sp³-hybridized carbons (Fsp3) is 0.600. The lowest BCUT2D eigenvalue weighted by molar-refractivity contribution is -0.179. The Morgan fingerprint density at radius 3 is 2.55 bits per heavy atom. The highest BCUT2D eigenvalue weighted by molar-refractivity contribution is 5.18. The summed E-state index contributed by atoms with van der Waals surface area (Å²) in [5.74, 6) is -1.14. The summed E-state index contributed by atoms with van der Waals surface area (Å²) in [6, 6.07) is 3.85. The lowest BCUT2D eigenvalue weighted by atomic mass is 9.90. The van der Waals surface area contributed by atoms with E-state index >= 15 is 0 Å². The van der Waals surface area contributed by atoms with Crippen LogP contribution in [0.3, 0.4) is 0 Å². The molecule has 0 aromatic heterocycles. The predicted octanol–water partition coefficient (Wildman–Crippen LogP) is 2.74. The average Bonchev–Trinajstić information content (AvgIpc) is 2.90. The zero-order valence-corrected chi connectivity index (χ0v) is 11.3. The molecule has 1 aromatic rings. The fourth-order valence-corrected chi connectivity index (χ4v) is 2.98. The first-order valence-corrected chi connectivity index (χ1v) is 7.12. The third-order valence-corrected chi connectivity index (χ3v) is 4.15. The Balaban J connectivity index is 1.51. The van der Waals surface area contributed by atoms with Crippen LogP contribution in [-0.2, 0) is 16.0 Å². The van der Waals surface area contributed by atoms with E-state index in [1.54, 1.807) is 0 Å². The topological polar surface area (TPSA) is 30.5 Å². The van der Waals surface area contributed by atoms with Gasteiger partial charge in [-0.25, -0.2) is 8.78 Å². The number of nitrogens with one attached hydrogen (secondary N) is 1. The molecule has 0 amide bonds. The summed E-state index contributed by atoms with van der Waals surface area (Å²) in [6.45, 7) is 1.70. The maximum absolute atomic E-state index is 13.5. The Kier molecular flexibility index (Phi) is 4.01. The smallest absolute Gasteiger partial charge is 0.168 e. The van der Waals surface area contributed by atoms with Crippen LogP contribution in [0, 0.1) is 11.6 Å². The summed E-state index contributed by atoms with van der Waals surface area (Å²) < 4.78 is 37.9. The van der Waals surface area contributed by atoms with Gasteiger partial charge in [0.1, 0.15) is 11.6 Å². The summed E-state index contributed by atoms with van der Waals surface area (Å²) in [5, 5.41) is 3.29. The minimum absolute atomic E-state index is 0.302. The maximum Gasteiger partial charge on any atom is 0.168 e. The van der Waals surface area contributed by atoms with Crippen LogP contribution in [-0.4, -0.2) is 25.0 Å². The van der Waals surface area contributed by atoms with Crippen molar-refractivity contribution in [2.75, 3.05) is 13.2 Å². The van der Waals surface area contributed by atoms with Crippen LogP contribution < -0.4 is 5.32 Å².